The maximum Gasteiger partial charge on any atom is 0.124 e. The first-order valence-corrected chi connectivity index (χ1v) is 7.33. The van der Waals surface area contributed by atoms with Crippen molar-refractivity contribution in [1.82, 2.24) is 10.2 Å². The molecule has 0 spiro atoms. The van der Waals surface area contributed by atoms with Gasteiger partial charge in [0, 0.05) is 36.8 Å². The molecule has 3 heteroatoms. The van der Waals surface area contributed by atoms with E-state index in [1.54, 1.807) is 0 Å². The molecule has 0 saturated carbocycles. The zero-order valence-electron chi connectivity index (χ0n) is 12.5. The van der Waals surface area contributed by atoms with Gasteiger partial charge in [-0.25, -0.2) is 0 Å². The lowest BCUT2D eigenvalue weighted by Gasteiger charge is -2.40. The summed E-state index contributed by atoms with van der Waals surface area (Å²) >= 11 is 0. The second kappa shape index (κ2) is 6.40. The number of rotatable bonds is 4. The molecule has 1 saturated heterocycles. The molecule has 3 atom stereocenters. The summed E-state index contributed by atoms with van der Waals surface area (Å²) in [5.41, 5.74) is 1.30. The van der Waals surface area contributed by atoms with E-state index in [1.807, 2.05) is 13.0 Å². The summed E-state index contributed by atoms with van der Waals surface area (Å²) in [6.45, 7) is 11.7. The van der Waals surface area contributed by atoms with E-state index >= 15 is 0 Å². The summed E-state index contributed by atoms with van der Waals surface area (Å²) in [7, 11) is 0. The average molecular weight is 262 g/mol. The molecule has 1 aromatic rings. The molecule has 1 heterocycles. The number of ether oxygens (including phenoxy) is 1. The molecule has 19 heavy (non-hydrogen) atoms. The first kappa shape index (κ1) is 14.4. The van der Waals surface area contributed by atoms with Crippen LogP contribution in [0, 0.1) is 0 Å². The van der Waals surface area contributed by atoms with Crippen molar-refractivity contribution in [2.75, 3.05) is 19.7 Å². The van der Waals surface area contributed by atoms with Gasteiger partial charge in [0.15, 0.2) is 0 Å². The van der Waals surface area contributed by atoms with Gasteiger partial charge in [-0.2, -0.15) is 0 Å². The lowest BCUT2D eigenvalue weighted by Crippen LogP contribution is -2.54. The molecule has 3 unspecified atom stereocenters. The highest BCUT2D eigenvalue weighted by molar-refractivity contribution is 5.35. The van der Waals surface area contributed by atoms with Crippen LogP contribution in [0.5, 0.6) is 5.75 Å². The number of nitrogens with one attached hydrogen (secondary N) is 1. The van der Waals surface area contributed by atoms with Crippen molar-refractivity contribution in [3.05, 3.63) is 29.8 Å². The average Bonchev–Trinajstić information content (AvgIpc) is 2.38. The second-order valence-corrected chi connectivity index (χ2v) is 5.57. The Morgan fingerprint density at radius 1 is 1.26 bits per heavy atom. The third-order valence-corrected chi connectivity index (χ3v) is 3.80. The van der Waals surface area contributed by atoms with Gasteiger partial charge < -0.3 is 10.1 Å². The first-order valence-electron chi connectivity index (χ1n) is 7.33. The molecule has 0 aromatic heterocycles. The highest BCUT2D eigenvalue weighted by atomic mass is 16.5. The van der Waals surface area contributed by atoms with E-state index in [2.05, 4.69) is 49.2 Å². The summed E-state index contributed by atoms with van der Waals surface area (Å²) in [6.07, 6.45) is 0. The van der Waals surface area contributed by atoms with E-state index < -0.39 is 0 Å². The van der Waals surface area contributed by atoms with E-state index in [1.165, 1.54) is 5.56 Å². The van der Waals surface area contributed by atoms with Gasteiger partial charge in [-0.3, -0.25) is 4.90 Å². The molecule has 0 radical (unpaired) electrons. The van der Waals surface area contributed by atoms with Crippen LogP contribution in [-0.2, 0) is 0 Å². The standard InChI is InChI=1S/C16H26N2O/c1-5-19-16-9-7-6-8-15(16)14(4)18-10-12(2)17-13(3)11-18/h6-9,12-14,17H,5,10-11H2,1-4H3. The molecule has 1 aliphatic rings. The molecule has 1 aromatic carbocycles. The summed E-state index contributed by atoms with van der Waals surface area (Å²) in [5.74, 6) is 1.02. The monoisotopic (exact) mass is 262 g/mol. The minimum absolute atomic E-state index is 0.398. The van der Waals surface area contributed by atoms with Crippen molar-refractivity contribution in [3.8, 4) is 5.75 Å². The van der Waals surface area contributed by atoms with Crippen LogP contribution in [0.4, 0.5) is 0 Å². The normalized spacial score (nSPS) is 26.1. The number of benzene rings is 1. The van der Waals surface area contributed by atoms with E-state index in [4.69, 9.17) is 4.74 Å². The fraction of sp³-hybridized carbons (Fsp3) is 0.625. The van der Waals surface area contributed by atoms with Crippen molar-refractivity contribution >= 4 is 0 Å². The van der Waals surface area contributed by atoms with Gasteiger partial charge in [0.05, 0.1) is 6.61 Å². The van der Waals surface area contributed by atoms with Crippen molar-refractivity contribution < 1.29 is 4.74 Å². The molecule has 0 aliphatic carbocycles. The number of hydrogen-bond donors (Lipinski definition) is 1. The van der Waals surface area contributed by atoms with Crippen LogP contribution < -0.4 is 10.1 Å². The fourth-order valence-electron chi connectivity index (χ4n) is 2.99. The lowest BCUT2D eigenvalue weighted by atomic mass is 10.0. The van der Waals surface area contributed by atoms with Gasteiger partial charge in [0.2, 0.25) is 0 Å². The van der Waals surface area contributed by atoms with Crippen LogP contribution >= 0.6 is 0 Å². The molecule has 0 amide bonds. The van der Waals surface area contributed by atoms with Crippen molar-refractivity contribution in [1.29, 1.82) is 0 Å². The van der Waals surface area contributed by atoms with Crippen molar-refractivity contribution in [3.63, 3.8) is 0 Å². The number of hydrogen-bond acceptors (Lipinski definition) is 3. The molecular weight excluding hydrogens is 236 g/mol. The van der Waals surface area contributed by atoms with Gasteiger partial charge in [0.1, 0.15) is 5.75 Å². The molecule has 2 rings (SSSR count). The van der Waals surface area contributed by atoms with Crippen molar-refractivity contribution in [2.24, 2.45) is 0 Å². The molecule has 3 nitrogen and oxygen atoms in total. The second-order valence-electron chi connectivity index (χ2n) is 5.57. The van der Waals surface area contributed by atoms with Crippen LogP contribution in [-0.4, -0.2) is 36.7 Å². The minimum atomic E-state index is 0.398. The summed E-state index contributed by atoms with van der Waals surface area (Å²) < 4.78 is 5.76. The van der Waals surface area contributed by atoms with Crippen LogP contribution in [0.15, 0.2) is 24.3 Å². The number of piperazine rings is 1. The Balaban J connectivity index is 2.16. The lowest BCUT2D eigenvalue weighted by molar-refractivity contribution is 0.129. The van der Waals surface area contributed by atoms with Crippen LogP contribution in [0.3, 0.4) is 0 Å². The van der Waals surface area contributed by atoms with E-state index in [0.717, 1.165) is 25.4 Å². The first-order chi connectivity index (χ1) is 9.11. The van der Waals surface area contributed by atoms with E-state index in [9.17, 15) is 0 Å². The maximum absolute atomic E-state index is 5.76. The predicted molar refractivity (Wildman–Crippen MR) is 79.7 cm³/mol. The topological polar surface area (TPSA) is 24.5 Å². The molecule has 106 valence electrons. The van der Waals surface area contributed by atoms with Gasteiger partial charge in [-0.05, 0) is 33.8 Å². The third-order valence-electron chi connectivity index (χ3n) is 3.80. The third kappa shape index (κ3) is 3.48. The Morgan fingerprint density at radius 3 is 2.53 bits per heavy atom. The largest absolute Gasteiger partial charge is 0.494 e. The molecule has 1 N–H and O–H groups in total. The fourth-order valence-corrected chi connectivity index (χ4v) is 2.99. The van der Waals surface area contributed by atoms with E-state index in [-0.39, 0.29) is 0 Å². The zero-order chi connectivity index (χ0) is 13.8. The van der Waals surface area contributed by atoms with Crippen molar-refractivity contribution in [2.45, 2.75) is 45.8 Å². The summed E-state index contributed by atoms with van der Waals surface area (Å²) in [4.78, 5) is 2.55. The van der Waals surface area contributed by atoms with Gasteiger partial charge in [-0.15, -0.1) is 0 Å². The minimum Gasteiger partial charge on any atom is -0.494 e. The Morgan fingerprint density at radius 2 is 1.89 bits per heavy atom. The van der Waals surface area contributed by atoms with Gasteiger partial charge >= 0.3 is 0 Å². The number of nitrogens with zero attached hydrogens (tertiary/aromatic N) is 1. The summed E-state index contributed by atoms with van der Waals surface area (Å²) in [6, 6.07) is 9.90. The smallest absolute Gasteiger partial charge is 0.124 e. The predicted octanol–water partition coefficient (Wildman–Crippen LogP) is 2.83. The Labute approximate surface area is 116 Å². The molecule has 0 bridgehead atoms. The highest BCUT2D eigenvalue weighted by Gasteiger charge is 2.26. The molecule has 1 fully saturated rings. The Hall–Kier alpha value is -1.06. The number of para-hydroxylation sites is 1. The molecular formula is C16H26N2O. The maximum atomic E-state index is 5.76. The van der Waals surface area contributed by atoms with Gasteiger partial charge in [0.25, 0.3) is 0 Å². The molecule has 1 aliphatic heterocycles. The van der Waals surface area contributed by atoms with Crippen LogP contribution in [0.1, 0.15) is 39.3 Å². The SMILES string of the molecule is CCOc1ccccc1C(C)N1CC(C)NC(C)C1. The Bertz CT molecular complexity index is 397. The van der Waals surface area contributed by atoms with Crippen LogP contribution in [0.25, 0.3) is 0 Å². The Kier molecular flexibility index (Phi) is 4.83. The zero-order valence-corrected chi connectivity index (χ0v) is 12.5. The summed E-state index contributed by atoms with van der Waals surface area (Å²) in [5, 5.41) is 3.58. The van der Waals surface area contributed by atoms with Crippen LogP contribution in [0.2, 0.25) is 0 Å². The highest BCUT2D eigenvalue weighted by Crippen LogP contribution is 2.30. The van der Waals surface area contributed by atoms with E-state index in [0.29, 0.717) is 18.1 Å². The van der Waals surface area contributed by atoms with Gasteiger partial charge in [-0.1, -0.05) is 18.2 Å². The quantitative estimate of drug-likeness (QED) is 0.903.